The molecule has 9 heteroatoms. The number of amides is 3. The van der Waals surface area contributed by atoms with E-state index in [0.717, 1.165) is 60.8 Å². The van der Waals surface area contributed by atoms with Gasteiger partial charge in [-0.3, -0.25) is 14.5 Å². The molecule has 3 aromatic carbocycles. The van der Waals surface area contributed by atoms with Crippen molar-refractivity contribution in [2.24, 2.45) is 0 Å². The average Bonchev–Trinajstić information content (AvgIpc) is 3.78. The third kappa shape index (κ3) is 7.59. The van der Waals surface area contributed by atoms with Crippen molar-refractivity contribution in [1.82, 2.24) is 9.80 Å². The number of likely N-dealkylation sites (tertiary alicyclic amines) is 1. The minimum absolute atomic E-state index is 0.162. The molecule has 1 saturated carbocycles. The summed E-state index contributed by atoms with van der Waals surface area (Å²) >= 11 is 0. The quantitative estimate of drug-likeness (QED) is 0.288. The van der Waals surface area contributed by atoms with Crippen LogP contribution in [0.5, 0.6) is 0 Å². The van der Waals surface area contributed by atoms with E-state index < -0.39 is 36.2 Å². The molecule has 2 fully saturated rings. The molecule has 0 unspecified atom stereocenters. The highest BCUT2D eigenvalue weighted by atomic mass is 16.6. The van der Waals surface area contributed by atoms with E-state index in [0.29, 0.717) is 24.9 Å². The molecule has 1 N–H and O–H groups in total. The number of hydrogen-bond donors (Lipinski definition) is 1. The Balaban J connectivity index is 1.18. The number of carbonyl (C=O) groups is 4. The molecule has 7 rings (SSSR count). The Hall–Kier alpha value is -4.66. The van der Waals surface area contributed by atoms with Crippen molar-refractivity contribution in [3.05, 3.63) is 101 Å². The van der Waals surface area contributed by atoms with Gasteiger partial charge in [0.1, 0.15) is 24.2 Å². The van der Waals surface area contributed by atoms with E-state index in [1.165, 1.54) is 41.9 Å². The van der Waals surface area contributed by atoms with Crippen LogP contribution in [-0.4, -0.2) is 63.0 Å². The number of carboxylic acids is 1. The van der Waals surface area contributed by atoms with Crippen molar-refractivity contribution < 1.29 is 29.0 Å². The Kier molecular flexibility index (Phi) is 11.2. The zero-order valence-electron chi connectivity index (χ0n) is 30.0. The summed E-state index contributed by atoms with van der Waals surface area (Å²) in [5, 5.41) is 10.3. The molecule has 3 aliphatic heterocycles. The molecular formula is C43H51N3O6. The first kappa shape index (κ1) is 35.7. The van der Waals surface area contributed by atoms with E-state index in [1.54, 1.807) is 4.90 Å². The number of benzene rings is 3. The molecule has 3 heterocycles. The maximum Gasteiger partial charge on any atom is 0.415 e. The average molecular weight is 706 g/mol. The molecule has 1 saturated heterocycles. The summed E-state index contributed by atoms with van der Waals surface area (Å²) in [6.45, 7) is 0.162. The zero-order chi connectivity index (χ0) is 36.0. The van der Waals surface area contributed by atoms with Gasteiger partial charge >= 0.3 is 12.1 Å². The third-order valence-corrected chi connectivity index (χ3v) is 11.7. The molecule has 274 valence electrons. The van der Waals surface area contributed by atoms with E-state index in [2.05, 4.69) is 0 Å². The van der Waals surface area contributed by atoms with Gasteiger partial charge in [0.25, 0.3) is 0 Å². The number of para-hydroxylation sites is 1. The smallest absolute Gasteiger partial charge is 0.415 e. The van der Waals surface area contributed by atoms with Crippen molar-refractivity contribution in [2.75, 3.05) is 4.90 Å². The van der Waals surface area contributed by atoms with Crippen molar-refractivity contribution >= 4 is 29.6 Å². The summed E-state index contributed by atoms with van der Waals surface area (Å²) in [5.74, 6) is -1.75. The summed E-state index contributed by atoms with van der Waals surface area (Å²) in [7, 11) is 0. The molecule has 9 nitrogen and oxygen atoms in total. The van der Waals surface area contributed by atoms with Crippen LogP contribution in [0.15, 0.2) is 78.9 Å². The predicted octanol–water partition coefficient (Wildman–Crippen LogP) is 8.00. The standard InChI is InChI=1S/C43H51N3O6/c47-40(44-29-33-21-14-13-19-31(33)27-39(44)42(49)50)37-26-25-36(30-17-9-8-10-18-30)45(37)41(48)38-28-32-20-15-16-24-35(32)46(38)43(51)52-34-22-11-6-4-2-1-3-5-7-12-23-34/h8-10,13-21,24,34,36-39H,1-7,11-12,22-23,25-29H2,(H,49,50)/t36-,37+,38+,39+/m0/s1. The molecule has 3 amide bonds. The van der Waals surface area contributed by atoms with Gasteiger partial charge in [-0.15, -0.1) is 0 Å². The number of carbonyl (C=O) groups excluding carboxylic acids is 3. The number of ether oxygens (including phenoxy) is 1. The maximum absolute atomic E-state index is 15.2. The van der Waals surface area contributed by atoms with Crippen LogP contribution in [0.3, 0.4) is 0 Å². The Morgan fingerprint density at radius 1 is 0.577 bits per heavy atom. The monoisotopic (exact) mass is 705 g/mol. The summed E-state index contributed by atoms with van der Waals surface area (Å²) < 4.78 is 6.31. The van der Waals surface area contributed by atoms with E-state index in [-0.39, 0.29) is 30.9 Å². The first-order valence-corrected chi connectivity index (χ1v) is 19.5. The van der Waals surface area contributed by atoms with Crippen LogP contribution >= 0.6 is 0 Å². The van der Waals surface area contributed by atoms with Gasteiger partial charge in [-0.25, -0.2) is 9.59 Å². The van der Waals surface area contributed by atoms with Gasteiger partial charge in [-0.2, -0.15) is 0 Å². The van der Waals surface area contributed by atoms with Gasteiger partial charge in [-0.05, 0) is 66.8 Å². The zero-order valence-corrected chi connectivity index (χ0v) is 30.0. The normalized spacial score (nSPS) is 24.3. The first-order chi connectivity index (χ1) is 25.4. The Morgan fingerprint density at radius 2 is 1.15 bits per heavy atom. The molecule has 0 aromatic heterocycles. The fraction of sp³-hybridized carbons (Fsp3) is 0.488. The molecule has 0 radical (unpaired) electrons. The fourth-order valence-corrected chi connectivity index (χ4v) is 8.95. The highest BCUT2D eigenvalue weighted by molar-refractivity contribution is 6.02. The second-order valence-corrected chi connectivity index (χ2v) is 15.0. The highest BCUT2D eigenvalue weighted by Gasteiger charge is 2.50. The van der Waals surface area contributed by atoms with Gasteiger partial charge in [0, 0.05) is 19.4 Å². The number of nitrogens with zero attached hydrogens (tertiary/aromatic N) is 3. The van der Waals surface area contributed by atoms with Crippen LogP contribution in [0.25, 0.3) is 0 Å². The summed E-state index contributed by atoms with van der Waals surface area (Å²) in [5.41, 5.74) is 4.28. The molecule has 3 aromatic rings. The largest absolute Gasteiger partial charge is 0.480 e. The lowest BCUT2D eigenvalue weighted by atomic mass is 9.93. The minimum Gasteiger partial charge on any atom is -0.480 e. The van der Waals surface area contributed by atoms with Crippen molar-refractivity contribution in [3.63, 3.8) is 0 Å². The molecule has 4 atom stereocenters. The van der Waals surface area contributed by atoms with Crippen molar-refractivity contribution in [3.8, 4) is 0 Å². The molecule has 4 aliphatic rings. The van der Waals surface area contributed by atoms with E-state index in [9.17, 15) is 19.5 Å². The SMILES string of the molecule is O=C(O)[C@H]1Cc2ccccc2CN1C(=O)[C@H]1CC[C@@H](c2ccccc2)N1C(=O)[C@H]1Cc2ccccc2N1C(=O)OC1CCCCCCCCCCC1. The maximum atomic E-state index is 15.2. The number of fused-ring (bicyclic) bond motifs is 2. The Bertz CT molecular complexity index is 1730. The van der Waals surface area contributed by atoms with Crippen LogP contribution in [0, 0.1) is 0 Å². The van der Waals surface area contributed by atoms with Crippen LogP contribution < -0.4 is 4.90 Å². The predicted molar refractivity (Wildman–Crippen MR) is 199 cm³/mol. The van der Waals surface area contributed by atoms with Gasteiger partial charge < -0.3 is 19.6 Å². The summed E-state index contributed by atoms with van der Waals surface area (Å²) in [6, 6.07) is 21.7. The molecule has 52 heavy (non-hydrogen) atoms. The van der Waals surface area contributed by atoms with Crippen molar-refractivity contribution in [1.29, 1.82) is 0 Å². The molecule has 1 aliphatic carbocycles. The number of rotatable bonds is 5. The van der Waals surface area contributed by atoms with Gasteiger partial charge in [0.15, 0.2) is 0 Å². The molecule has 0 spiro atoms. The molecular weight excluding hydrogens is 654 g/mol. The Labute approximate surface area is 306 Å². The van der Waals surface area contributed by atoms with Crippen molar-refractivity contribution in [2.45, 2.75) is 133 Å². The van der Waals surface area contributed by atoms with Crippen LogP contribution in [0.4, 0.5) is 10.5 Å². The number of aliphatic carboxylic acids is 1. The van der Waals surface area contributed by atoms with Crippen LogP contribution in [-0.2, 0) is 38.5 Å². The van der Waals surface area contributed by atoms with E-state index in [1.807, 2.05) is 78.9 Å². The molecule has 0 bridgehead atoms. The van der Waals surface area contributed by atoms with E-state index >= 15 is 4.79 Å². The highest BCUT2D eigenvalue weighted by Crippen LogP contribution is 2.42. The fourth-order valence-electron chi connectivity index (χ4n) is 8.95. The number of anilines is 1. The second kappa shape index (κ2) is 16.3. The summed E-state index contributed by atoms with van der Waals surface area (Å²) in [6.07, 6.45) is 12.8. The number of carboxylic acid groups (broad SMARTS) is 1. The van der Waals surface area contributed by atoms with Crippen LogP contribution in [0.2, 0.25) is 0 Å². The first-order valence-electron chi connectivity index (χ1n) is 19.5. The van der Waals surface area contributed by atoms with Gasteiger partial charge in [0.2, 0.25) is 11.8 Å². The van der Waals surface area contributed by atoms with Gasteiger partial charge in [-0.1, -0.05) is 118 Å². The Morgan fingerprint density at radius 3 is 1.83 bits per heavy atom. The van der Waals surface area contributed by atoms with Crippen LogP contribution in [0.1, 0.15) is 112 Å². The lowest BCUT2D eigenvalue weighted by Crippen LogP contribution is -2.58. The third-order valence-electron chi connectivity index (χ3n) is 11.7. The minimum atomic E-state index is -1.06. The van der Waals surface area contributed by atoms with E-state index in [4.69, 9.17) is 4.74 Å². The topological polar surface area (TPSA) is 107 Å². The second-order valence-electron chi connectivity index (χ2n) is 15.0. The lowest BCUT2D eigenvalue weighted by molar-refractivity contribution is -0.155. The number of hydrogen-bond acceptors (Lipinski definition) is 5. The van der Waals surface area contributed by atoms with Gasteiger partial charge in [0.05, 0.1) is 11.7 Å². The lowest BCUT2D eigenvalue weighted by Gasteiger charge is -2.40. The summed E-state index contributed by atoms with van der Waals surface area (Å²) in [4.78, 5) is 61.4.